The average Bonchev–Trinajstić information content (AvgIpc) is 3.46. The molecule has 34 heavy (non-hydrogen) atoms. The first-order valence-electron chi connectivity index (χ1n) is 12.0. The lowest BCUT2D eigenvalue weighted by Crippen LogP contribution is -2.54. The summed E-state index contributed by atoms with van der Waals surface area (Å²) in [4.78, 5) is 8.23. The van der Waals surface area contributed by atoms with Gasteiger partial charge in [0.2, 0.25) is 0 Å². The molecule has 6 heterocycles. The number of nitrogen functional groups attached to an aromatic ring is 1. The molecule has 186 valence electrons. The molecule has 4 aliphatic heterocycles. The summed E-state index contributed by atoms with van der Waals surface area (Å²) in [5, 5.41) is 4.35. The minimum atomic E-state index is -2.70. The van der Waals surface area contributed by atoms with Crippen LogP contribution in [0.2, 0.25) is 0 Å². The second-order valence-corrected chi connectivity index (χ2v) is 10.8. The van der Waals surface area contributed by atoms with Crippen LogP contribution >= 0.6 is 0 Å². The summed E-state index contributed by atoms with van der Waals surface area (Å²) < 4.78 is 50.2. The SMILES string of the molecule is CN1CCC2(CC1)CC(F)(F)CN2C[C@H]1O[C@@H](c2ccc3c(N)ncnn23)[C@@H]2OC(C)(C)O[C@@H]21. The normalized spacial score (nSPS) is 34.9. The molecule has 2 aromatic heterocycles. The van der Waals surface area contributed by atoms with E-state index in [-0.39, 0.29) is 25.2 Å². The third kappa shape index (κ3) is 3.60. The summed E-state index contributed by atoms with van der Waals surface area (Å²) in [5.74, 6) is -3.12. The zero-order valence-corrected chi connectivity index (χ0v) is 19.8. The fourth-order valence-electron chi connectivity index (χ4n) is 6.35. The van der Waals surface area contributed by atoms with Crippen LogP contribution in [0, 0.1) is 0 Å². The zero-order chi connectivity index (χ0) is 23.9. The van der Waals surface area contributed by atoms with E-state index >= 15 is 0 Å². The van der Waals surface area contributed by atoms with Gasteiger partial charge in [-0.3, -0.25) is 4.90 Å². The fourth-order valence-corrected chi connectivity index (χ4v) is 6.35. The Bertz CT molecular complexity index is 1090. The standard InChI is InChI=1S/C23H32F2N6O3/c1-21(2)33-18-16(10-30-12-23(24,25)11-22(30)6-8-29(3)9-7-22)32-17(19(18)34-21)14-4-5-15-20(26)27-13-28-31(14)15/h4-5,13,16-19H,6-12H2,1-3H3,(H2,26,27,28)/t16-,17+,18-,19+/m1/s1. The number of anilines is 1. The van der Waals surface area contributed by atoms with Crippen LogP contribution in [0.25, 0.3) is 5.52 Å². The molecule has 9 nitrogen and oxygen atoms in total. The number of aromatic nitrogens is 3. The van der Waals surface area contributed by atoms with Gasteiger partial charge in [0.15, 0.2) is 11.6 Å². The highest BCUT2D eigenvalue weighted by Crippen LogP contribution is 2.49. The lowest BCUT2D eigenvalue weighted by molar-refractivity contribution is -0.191. The summed E-state index contributed by atoms with van der Waals surface area (Å²) in [6, 6.07) is 3.76. The number of hydrogen-bond acceptors (Lipinski definition) is 8. The number of piperidine rings is 1. The van der Waals surface area contributed by atoms with Crippen molar-refractivity contribution in [2.75, 3.05) is 39.0 Å². The van der Waals surface area contributed by atoms with E-state index in [1.165, 1.54) is 6.33 Å². The highest BCUT2D eigenvalue weighted by Gasteiger charge is 2.60. The van der Waals surface area contributed by atoms with E-state index in [1.54, 1.807) is 4.52 Å². The van der Waals surface area contributed by atoms with Gasteiger partial charge in [0, 0.05) is 18.5 Å². The van der Waals surface area contributed by atoms with E-state index in [0.29, 0.717) is 17.9 Å². The molecular formula is C23H32F2N6O3. The monoisotopic (exact) mass is 478 g/mol. The number of fused-ring (bicyclic) bond motifs is 2. The molecule has 11 heteroatoms. The lowest BCUT2D eigenvalue weighted by Gasteiger charge is -2.44. The second kappa shape index (κ2) is 7.54. The van der Waals surface area contributed by atoms with Gasteiger partial charge in [-0.05, 0) is 59.0 Å². The highest BCUT2D eigenvalue weighted by molar-refractivity contribution is 5.65. The van der Waals surface area contributed by atoms with Gasteiger partial charge in [-0.25, -0.2) is 18.3 Å². The Morgan fingerprint density at radius 3 is 2.65 bits per heavy atom. The summed E-state index contributed by atoms with van der Waals surface area (Å²) in [5.41, 5.74) is 6.98. The number of halogens is 2. The van der Waals surface area contributed by atoms with Crippen LogP contribution in [0.5, 0.6) is 0 Å². The van der Waals surface area contributed by atoms with E-state index in [0.717, 1.165) is 31.6 Å². The van der Waals surface area contributed by atoms with Gasteiger partial charge >= 0.3 is 0 Å². The van der Waals surface area contributed by atoms with Crippen molar-refractivity contribution in [1.29, 1.82) is 0 Å². The Kier molecular flexibility index (Phi) is 5.00. The third-order valence-corrected chi connectivity index (χ3v) is 7.95. The number of nitrogens with zero attached hydrogens (tertiary/aromatic N) is 5. The van der Waals surface area contributed by atoms with Crippen molar-refractivity contribution in [3.63, 3.8) is 0 Å². The minimum Gasteiger partial charge on any atom is -0.382 e. The van der Waals surface area contributed by atoms with E-state index in [4.69, 9.17) is 19.9 Å². The van der Waals surface area contributed by atoms with Crippen molar-refractivity contribution >= 4 is 11.3 Å². The van der Waals surface area contributed by atoms with Gasteiger partial charge in [0.1, 0.15) is 36.3 Å². The molecule has 0 aromatic carbocycles. The molecule has 1 spiro atoms. The van der Waals surface area contributed by atoms with Gasteiger partial charge < -0.3 is 24.8 Å². The Morgan fingerprint density at radius 1 is 1.15 bits per heavy atom. The average molecular weight is 479 g/mol. The molecule has 4 aliphatic rings. The summed E-state index contributed by atoms with van der Waals surface area (Å²) in [6.07, 6.45) is 1.13. The first kappa shape index (κ1) is 22.5. The molecule has 4 fully saturated rings. The van der Waals surface area contributed by atoms with Crippen molar-refractivity contribution in [2.45, 2.75) is 74.8 Å². The smallest absolute Gasteiger partial charge is 0.262 e. The largest absolute Gasteiger partial charge is 0.382 e. The van der Waals surface area contributed by atoms with Crippen molar-refractivity contribution in [1.82, 2.24) is 24.4 Å². The topological polar surface area (TPSA) is 90.4 Å². The summed E-state index contributed by atoms with van der Waals surface area (Å²) in [6.45, 7) is 5.50. The van der Waals surface area contributed by atoms with Crippen LogP contribution in [-0.2, 0) is 14.2 Å². The Morgan fingerprint density at radius 2 is 1.88 bits per heavy atom. The molecule has 0 unspecified atom stereocenters. The van der Waals surface area contributed by atoms with Gasteiger partial charge in [0.05, 0.1) is 12.2 Å². The van der Waals surface area contributed by atoms with Crippen LogP contribution in [-0.4, -0.2) is 93.2 Å². The van der Waals surface area contributed by atoms with Gasteiger partial charge in [0.25, 0.3) is 5.92 Å². The first-order chi connectivity index (χ1) is 16.1. The van der Waals surface area contributed by atoms with E-state index in [9.17, 15) is 8.78 Å². The number of hydrogen-bond donors (Lipinski definition) is 1. The summed E-state index contributed by atoms with van der Waals surface area (Å²) >= 11 is 0. The van der Waals surface area contributed by atoms with Crippen LogP contribution < -0.4 is 5.73 Å². The predicted molar refractivity (Wildman–Crippen MR) is 119 cm³/mol. The van der Waals surface area contributed by atoms with Crippen LogP contribution in [0.4, 0.5) is 14.6 Å². The highest BCUT2D eigenvalue weighted by atomic mass is 19.3. The second-order valence-electron chi connectivity index (χ2n) is 10.8. The minimum absolute atomic E-state index is 0.0968. The molecule has 0 radical (unpaired) electrons. The Balaban J connectivity index is 1.31. The number of ether oxygens (including phenoxy) is 3. The van der Waals surface area contributed by atoms with E-state index in [1.807, 2.05) is 37.9 Å². The molecule has 6 rings (SSSR count). The quantitative estimate of drug-likeness (QED) is 0.717. The maximum atomic E-state index is 14.7. The zero-order valence-electron chi connectivity index (χ0n) is 19.8. The molecule has 2 N–H and O–H groups in total. The molecule has 0 aliphatic carbocycles. The molecule has 0 bridgehead atoms. The Hall–Kier alpha value is -1.92. The van der Waals surface area contributed by atoms with Crippen LogP contribution in [0.1, 0.15) is 44.9 Å². The number of nitrogens with two attached hydrogens (primary N) is 1. The van der Waals surface area contributed by atoms with Crippen LogP contribution in [0.15, 0.2) is 18.5 Å². The predicted octanol–water partition coefficient (Wildman–Crippen LogP) is 2.08. The maximum Gasteiger partial charge on any atom is 0.262 e. The van der Waals surface area contributed by atoms with E-state index in [2.05, 4.69) is 15.0 Å². The first-order valence-corrected chi connectivity index (χ1v) is 12.0. The molecule has 2 aromatic rings. The molecule has 4 saturated heterocycles. The van der Waals surface area contributed by atoms with Gasteiger partial charge in [-0.1, -0.05) is 0 Å². The lowest BCUT2D eigenvalue weighted by atomic mass is 9.84. The number of likely N-dealkylation sites (tertiary alicyclic amines) is 2. The van der Waals surface area contributed by atoms with Crippen molar-refractivity contribution in [3.8, 4) is 0 Å². The van der Waals surface area contributed by atoms with Crippen molar-refractivity contribution in [2.24, 2.45) is 0 Å². The van der Waals surface area contributed by atoms with Gasteiger partial charge in [-0.2, -0.15) is 5.10 Å². The Labute approximate surface area is 197 Å². The number of alkyl halides is 2. The molecule has 4 atom stereocenters. The molecule has 0 saturated carbocycles. The van der Waals surface area contributed by atoms with Crippen LogP contribution in [0.3, 0.4) is 0 Å². The maximum absolute atomic E-state index is 14.7. The summed E-state index contributed by atoms with van der Waals surface area (Å²) in [7, 11) is 2.05. The van der Waals surface area contributed by atoms with Crippen molar-refractivity contribution in [3.05, 3.63) is 24.2 Å². The third-order valence-electron chi connectivity index (χ3n) is 7.95. The fraction of sp³-hybridized carbons (Fsp3) is 0.739. The number of rotatable bonds is 3. The van der Waals surface area contributed by atoms with Gasteiger partial charge in [-0.15, -0.1) is 0 Å². The molecule has 0 amide bonds. The van der Waals surface area contributed by atoms with Crippen molar-refractivity contribution < 1.29 is 23.0 Å². The van der Waals surface area contributed by atoms with E-state index < -0.39 is 29.5 Å². The molecular weight excluding hydrogens is 446 g/mol.